The number of halogens is 1. The minimum absolute atomic E-state index is 0.00450. The van der Waals surface area contributed by atoms with Gasteiger partial charge < -0.3 is 19.4 Å². The summed E-state index contributed by atoms with van der Waals surface area (Å²) in [6.45, 7) is 5.43. The Morgan fingerprint density at radius 2 is 1.46 bits per heavy atom. The average Bonchev–Trinajstić information content (AvgIpc) is 3.19. The maximum Gasteiger partial charge on any atom is 0.260 e. The molecule has 0 spiro atoms. The van der Waals surface area contributed by atoms with E-state index in [-0.39, 0.29) is 18.4 Å². The Morgan fingerprint density at radius 1 is 0.885 bits per heavy atom. The molecule has 0 bridgehead atoms. The molecule has 1 aromatic carbocycles. The van der Waals surface area contributed by atoms with Gasteiger partial charge in [0.1, 0.15) is 5.75 Å². The molecule has 0 N–H and O–H groups in total. The number of benzene rings is 1. The number of hydrogen-bond donors (Lipinski definition) is 0. The van der Waals surface area contributed by atoms with Crippen molar-refractivity contribution in [3.8, 4) is 5.75 Å². The zero-order valence-corrected chi connectivity index (χ0v) is 15.8. The van der Waals surface area contributed by atoms with Gasteiger partial charge in [-0.25, -0.2) is 0 Å². The number of likely N-dealkylation sites (tertiary alicyclic amines) is 1. The predicted molar refractivity (Wildman–Crippen MR) is 100 cm³/mol. The molecule has 2 amide bonds. The highest BCUT2D eigenvalue weighted by molar-refractivity contribution is 6.30. The van der Waals surface area contributed by atoms with Crippen molar-refractivity contribution < 1.29 is 14.3 Å². The molecule has 3 rings (SSSR count). The quantitative estimate of drug-likeness (QED) is 0.757. The van der Waals surface area contributed by atoms with E-state index < -0.39 is 0 Å². The Morgan fingerprint density at radius 3 is 2.08 bits per heavy atom. The van der Waals surface area contributed by atoms with Crippen molar-refractivity contribution in [1.82, 2.24) is 14.7 Å². The molecule has 2 aliphatic rings. The molecule has 142 valence electrons. The molecule has 1 aromatic rings. The second-order valence-corrected chi connectivity index (χ2v) is 7.24. The standard InChI is InChI=1S/C19H26ClN3O3/c20-16-3-5-17(6-4-16)26-15-19(25)23-13-11-22(12-14-23)18(24)7-10-21-8-1-2-9-21/h3-6H,1-2,7-15H2. The maximum absolute atomic E-state index is 12.3. The van der Waals surface area contributed by atoms with E-state index in [9.17, 15) is 9.59 Å². The largest absolute Gasteiger partial charge is 0.484 e. The first-order valence-electron chi connectivity index (χ1n) is 9.28. The first kappa shape index (κ1) is 19.0. The van der Waals surface area contributed by atoms with Crippen LogP contribution in [0, 0.1) is 0 Å². The number of rotatable bonds is 6. The van der Waals surface area contributed by atoms with E-state index in [1.807, 2.05) is 4.90 Å². The summed E-state index contributed by atoms with van der Waals surface area (Å²) in [5, 5.41) is 0.634. The Kier molecular flexibility index (Phi) is 6.74. The van der Waals surface area contributed by atoms with Crippen molar-refractivity contribution in [2.45, 2.75) is 19.3 Å². The Bertz CT molecular complexity index is 609. The van der Waals surface area contributed by atoms with Gasteiger partial charge in [0.2, 0.25) is 5.91 Å². The molecule has 26 heavy (non-hydrogen) atoms. The number of amides is 2. The summed E-state index contributed by atoms with van der Waals surface area (Å²) in [6.07, 6.45) is 3.06. The van der Waals surface area contributed by atoms with E-state index in [0.717, 1.165) is 19.6 Å². The molecule has 2 saturated heterocycles. The third-order valence-electron chi connectivity index (χ3n) is 5.00. The molecule has 6 nitrogen and oxygen atoms in total. The van der Waals surface area contributed by atoms with E-state index in [0.29, 0.717) is 43.4 Å². The van der Waals surface area contributed by atoms with E-state index in [4.69, 9.17) is 16.3 Å². The van der Waals surface area contributed by atoms with Gasteiger partial charge in [-0.2, -0.15) is 0 Å². The van der Waals surface area contributed by atoms with Gasteiger partial charge >= 0.3 is 0 Å². The highest BCUT2D eigenvalue weighted by Gasteiger charge is 2.24. The molecule has 0 saturated carbocycles. The van der Waals surface area contributed by atoms with Crippen molar-refractivity contribution in [2.75, 3.05) is 52.4 Å². The number of piperazine rings is 1. The van der Waals surface area contributed by atoms with E-state index in [1.54, 1.807) is 29.2 Å². The fourth-order valence-corrected chi connectivity index (χ4v) is 3.52. The summed E-state index contributed by atoms with van der Waals surface area (Å²) in [7, 11) is 0. The summed E-state index contributed by atoms with van der Waals surface area (Å²) in [4.78, 5) is 30.6. The van der Waals surface area contributed by atoms with Crippen molar-refractivity contribution in [3.05, 3.63) is 29.3 Å². The minimum Gasteiger partial charge on any atom is -0.484 e. The highest BCUT2D eigenvalue weighted by Crippen LogP contribution is 2.16. The number of carbonyl (C=O) groups is 2. The monoisotopic (exact) mass is 379 g/mol. The van der Waals surface area contributed by atoms with Gasteiger partial charge in [-0.1, -0.05) is 11.6 Å². The van der Waals surface area contributed by atoms with Crippen LogP contribution in [0.15, 0.2) is 24.3 Å². The molecule has 0 aromatic heterocycles. The van der Waals surface area contributed by atoms with Crippen LogP contribution >= 0.6 is 11.6 Å². The predicted octanol–water partition coefficient (Wildman–Crippen LogP) is 1.88. The van der Waals surface area contributed by atoms with E-state index in [2.05, 4.69) is 4.90 Å². The average molecular weight is 380 g/mol. The molecule has 7 heteroatoms. The van der Waals surface area contributed by atoms with E-state index in [1.165, 1.54) is 12.8 Å². The molecule has 0 radical (unpaired) electrons. The fraction of sp³-hybridized carbons (Fsp3) is 0.579. The van der Waals surface area contributed by atoms with Crippen LogP contribution in [0.4, 0.5) is 0 Å². The van der Waals surface area contributed by atoms with Crippen LogP contribution in [0.3, 0.4) is 0 Å². The molecule has 0 atom stereocenters. The summed E-state index contributed by atoms with van der Waals surface area (Å²) >= 11 is 5.83. The molecule has 2 heterocycles. The first-order valence-corrected chi connectivity index (χ1v) is 9.66. The van der Waals surface area contributed by atoms with Crippen molar-refractivity contribution in [3.63, 3.8) is 0 Å². The lowest BCUT2D eigenvalue weighted by molar-refractivity contribution is -0.140. The van der Waals surface area contributed by atoms with Gasteiger partial charge in [-0.05, 0) is 50.2 Å². The third-order valence-corrected chi connectivity index (χ3v) is 5.25. The summed E-state index contributed by atoms with van der Waals surface area (Å²) in [5.41, 5.74) is 0. The lowest BCUT2D eigenvalue weighted by Gasteiger charge is -2.35. The minimum atomic E-state index is -0.0517. The van der Waals surface area contributed by atoms with Crippen LogP contribution in [-0.4, -0.2) is 78.9 Å². The fourth-order valence-electron chi connectivity index (χ4n) is 3.39. The molecule has 0 unspecified atom stereocenters. The topological polar surface area (TPSA) is 53.1 Å². The molecule has 2 aliphatic heterocycles. The van der Waals surface area contributed by atoms with Gasteiger partial charge in [0.25, 0.3) is 5.91 Å². The molecular weight excluding hydrogens is 354 g/mol. The van der Waals surface area contributed by atoms with Gasteiger partial charge in [0, 0.05) is 44.2 Å². The Labute approximate surface area is 159 Å². The lowest BCUT2D eigenvalue weighted by Crippen LogP contribution is -2.52. The van der Waals surface area contributed by atoms with Crippen molar-refractivity contribution in [2.24, 2.45) is 0 Å². The van der Waals surface area contributed by atoms with Crippen molar-refractivity contribution in [1.29, 1.82) is 0 Å². The van der Waals surface area contributed by atoms with E-state index >= 15 is 0 Å². The summed E-state index contributed by atoms with van der Waals surface area (Å²) in [6, 6.07) is 6.95. The summed E-state index contributed by atoms with van der Waals surface area (Å²) < 4.78 is 5.51. The SMILES string of the molecule is O=C(CCN1CCCC1)N1CCN(C(=O)COc2ccc(Cl)cc2)CC1. The highest BCUT2D eigenvalue weighted by atomic mass is 35.5. The van der Waals surface area contributed by atoms with Gasteiger partial charge in [0.05, 0.1) is 0 Å². The first-order chi connectivity index (χ1) is 12.6. The van der Waals surface area contributed by atoms with Gasteiger partial charge in [-0.3, -0.25) is 9.59 Å². The molecule has 2 fully saturated rings. The number of ether oxygens (including phenoxy) is 1. The Hall–Kier alpha value is -1.79. The molecular formula is C19H26ClN3O3. The smallest absolute Gasteiger partial charge is 0.260 e. The van der Waals surface area contributed by atoms with Crippen LogP contribution in [0.2, 0.25) is 5.02 Å². The van der Waals surface area contributed by atoms with Crippen LogP contribution in [0.1, 0.15) is 19.3 Å². The summed E-state index contributed by atoms with van der Waals surface area (Å²) in [5.74, 6) is 0.768. The van der Waals surface area contributed by atoms with Gasteiger partial charge in [0.15, 0.2) is 6.61 Å². The Balaban J connectivity index is 1.36. The number of nitrogens with zero attached hydrogens (tertiary/aromatic N) is 3. The maximum atomic E-state index is 12.3. The van der Waals surface area contributed by atoms with Crippen LogP contribution in [0.25, 0.3) is 0 Å². The lowest BCUT2D eigenvalue weighted by atomic mass is 10.2. The van der Waals surface area contributed by atoms with Crippen molar-refractivity contribution >= 4 is 23.4 Å². The van der Waals surface area contributed by atoms with Gasteiger partial charge in [-0.15, -0.1) is 0 Å². The zero-order chi connectivity index (χ0) is 18.4. The second kappa shape index (κ2) is 9.24. The second-order valence-electron chi connectivity index (χ2n) is 6.80. The zero-order valence-electron chi connectivity index (χ0n) is 15.0. The van der Waals surface area contributed by atoms with Crippen LogP contribution in [0.5, 0.6) is 5.75 Å². The normalized spacial score (nSPS) is 18.2. The third kappa shape index (κ3) is 5.35. The van der Waals surface area contributed by atoms with Crippen LogP contribution < -0.4 is 4.74 Å². The number of hydrogen-bond acceptors (Lipinski definition) is 4. The number of carbonyl (C=O) groups excluding carboxylic acids is 2. The van der Waals surface area contributed by atoms with Crippen LogP contribution in [-0.2, 0) is 9.59 Å². The molecule has 0 aliphatic carbocycles.